The smallest absolute Gasteiger partial charge is 0.237 e. The van der Waals surface area contributed by atoms with Gasteiger partial charge in [0.2, 0.25) is 10.0 Å². The number of hydrogen-bond donors (Lipinski definition) is 1. The second-order valence-electron chi connectivity index (χ2n) is 6.67. The number of aryl methyl sites for hydroxylation is 3. The van der Waals surface area contributed by atoms with E-state index in [1.807, 2.05) is 58.0 Å². The van der Waals surface area contributed by atoms with Crippen molar-refractivity contribution in [3.8, 4) is 5.82 Å². The van der Waals surface area contributed by atoms with Gasteiger partial charge < -0.3 is 0 Å². The fraction of sp³-hybridized carbons (Fsp3) is 0.300. The van der Waals surface area contributed by atoms with Gasteiger partial charge in [-0.1, -0.05) is 23.8 Å². The van der Waals surface area contributed by atoms with Gasteiger partial charge in [0.15, 0.2) is 5.82 Å². The van der Waals surface area contributed by atoms with Crippen LogP contribution in [-0.2, 0) is 16.4 Å². The topological polar surface area (TPSA) is 76.9 Å². The van der Waals surface area contributed by atoms with Gasteiger partial charge in [0.25, 0.3) is 0 Å². The van der Waals surface area contributed by atoms with Crippen molar-refractivity contribution in [2.24, 2.45) is 0 Å². The Hall–Kier alpha value is -2.51. The zero-order chi connectivity index (χ0) is 19.6. The summed E-state index contributed by atoms with van der Waals surface area (Å²) in [7, 11) is -3.54. The number of pyridine rings is 1. The van der Waals surface area contributed by atoms with Crippen molar-refractivity contribution < 1.29 is 8.42 Å². The summed E-state index contributed by atoms with van der Waals surface area (Å²) < 4.78 is 29.7. The highest BCUT2D eigenvalue weighted by molar-refractivity contribution is 7.89. The molecule has 2 aromatic heterocycles. The molecule has 0 fully saturated rings. The van der Waals surface area contributed by atoms with Gasteiger partial charge >= 0.3 is 0 Å². The van der Waals surface area contributed by atoms with Crippen molar-refractivity contribution in [3.63, 3.8) is 0 Å². The molecule has 0 saturated heterocycles. The Morgan fingerprint density at radius 1 is 1.07 bits per heavy atom. The first-order valence-corrected chi connectivity index (χ1v) is 10.3. The summed E-state index contributed by atoms with van der Waals surface area (Å²) in [5.74, 6) is 0.750. The molecule has 2 heterocycles. The quantitative estimate of drug-likeness (QED) is 0.709. The van der Waals surface area contributed by atoms with Crippen LogP contribution in [0, 0.1) is 27.7 Å². The Balaban J connectivity index is 1.75. The van der Waals surface area contributed by atoms with Crippen molar-refractivity contribution >= 4 is 10.0 Å². The van der Waals surface area contributed by atoms with Gasteiger partial charge in [-0.25, -0.2) is 22.8 Å². The first-order valence-electron chi connectivity index (χ1n) is 8.83. The van der Waals surface area contributed by atoms with E-state index in [4.69, 9.17) is 0 Å². The maximum Gasteiger partial charge on any atom is 0.240 e. The van der Waals surface area contributed by atoms with E-state index in [0.29, 0.717) is 17.9 Å². The number of benzene rings is 1. The normalized spacial score (nSPS) is 11.7. The van der Waals surface area contributed by atoms with Gasteiger partial charge in [0, 0.05) is 18.4 Å². The number of nitrogens with zero attached hydrogens (tertiary/aromatic N) is 3. The largest absolute Gasteiger partial charge is 0.240 e. The first-order chi connectivity index (χ1) is 12.8. The summed E-state index contributed by atoms with van der Waals surface area (Å²) in [6, 6.07) is 11.0. The molecule has 27 heavy (non-hydrogen) atoms. The molecule has 0 unspecified atom stereocenters. The predicted octanol–water partition coefficient (Wildman–Crippen LogP) is 3.02. The van der Waals surface area contributed by atoms with Crippen LogP contribution in [0.2, 0.25) is 0 Å². The molecule has 0 aliphatic rings. The standard InChI is InChI=1S/C20H24N4O2S/c1-14-8-9-19(15(2)13-14)27(25,26)22-12-10-18-16(3)23-24(17(18)4)20-7-5-6-11-21-20/h5-9,11,13,22H,10,12H2,1-4H3. The summed E-state index contributed by atoms with van der Waals surface area (Å²) >= 11 is 0. The molecular weight excluding hydrogens is 360 g/mol. The van der Waals surface area contributed by atoms with Crippen molar-refractivity contribution in [2.45, 2.75) is 39.0 Å². The summed E-state index contributed by atoms with van der Waals surface area (Å²) in [4.78, 5) is 4.65. The van der Waals surface area contributed by atoms with Crippen LogP contribution < -0.4 is 4.72 Å². The molecule has 3 rings (SSSR count). The third kappa shape index (κ3) is 4.09. The molecule has 0 spiro atoms. The van der Waals surface area contributed by atoms with Crippen LogP contribution in [0.5, 0.6) is 0 Å². The van der Waals surface area contributed by atoms with Crippen LogP contribution in [0.25, 0.3) is 5.82 Å². The molecule has 0 saturated carbocycles. The average Bonchev–Trinajstić information content (AvgIpc) is 2.90. The maximum atomic E-state index is 12.6. The fourth-order valence-corrected chi connectivity index (χ4v) is 4.48. The Labute approximate surface area is 160 Å². The summed E-state index contributed by atoms with van der Waals surface area (Å²) in [5.41, 5.74) is 4.67. The van der Waals surface area contributed by atoms with E-state index in [2.05, 4.69) is 14.8 Å². The molecule has 1 N–H and O–H groups in total. The van der Waals surface area contributed by atoms with Gasteiger partial charge in [0.05, 0.1) is 10.6 Å². The second-order valence-corrected chi connectivity index (χ2v) is 8.40. The van der Waals surface area contributed by atoms with E-state index >= 15 is 0 Å². The molecule has 0 atom stereocenters. The highest BCUT2D eigenvalue weighted by Gasteiger charge is 2.18. The summed E-state index contributed by atoms with van der Waals surface area (Å²) in [6.45, 7) is 7.97. The fourth-order valence-electron chi connectivity index (χ4n) is 3.23. The van der Waals surface area contributed by atoms with E-state index < -0.39 is 10.0 Å². The summed E-state index contributed by atoms with van der Waals surface area (Å²) in [5, 5.41) is 4.55. The molecule has 142 valence electrons. The van der Waals surface area contributed by atoms with Crippen LogP contribution in [0.3, 0.4) is 0 Å². The zero-order valence-electron chi connectivity index (χ0n) is 16.0. The Morgan fingerprint density at radius 2 is 1.85 bits per heavy atom. The number of sulfonamides is 1. The lowest BCUT2D eigenvalue weighted by atomic mass is 10.1. The maximum absolute atomic E-state index is 12.6. The summed E-state index contributed by atoms with van der Waals surface area (Å²) in [6.07, 6.45) is 2.29. The van der Waals surface area contributed by atoms with Crippen molar-refractivity contribution in [1.82, 2.24) is 19.5 Å². The van der Waals surface area contributed by atoms with E-state index in [-0.39, 0.29) is 0 Å². The highest BCUT2D eigenvalue weighted by atomic mass is 32.2. The van der Waals surface area contributed by atoms with Gasteiger partial charge in [-0.15, -0.1) is 0 Å². The Bertz CT molecular complexity index is 1060. The molecule has 0 aliphatic carbocycles. The molecule has 0 bridgehead atoms. The molecule has 3 aromatic rings. The predicted molar refractivity (Wildman–Crippen MR) is 106 cm³/mol. The lowest BCUT2D eigenvalue weighted by molar-refractivity contribution is 0.581. The van der Waals surface area contributed by atoms with Crippen LogP contribution in [0.1, 0.15) is 28.1 Å². The molecular formula is C20H24N4O2S. The average molecular weight is 385 g/mol. The van der Waals surface area contributed by atoms with E-state index in [0.717, 1.165) is 33.9 Å². The van der Waals surface area contributed by atoms with Crippen LogP contribution in [0.4, 0.5) is 0 Å². The molecule has 0 amide bonds. The highest BCUT2D eigenvalue weighted by Crippen LogP contribution is 2.18. The monoisotopic (exact) mass is 384 g/mol. The van der Waals surface area contributed by atoms with E-state index in [1.165, 1.54) is 0 Å². The minimum atomic E-state index is -3.54. The Morgan fingerprint density at radius 3 is 2.52 bits per heavy atom. The minimum absolute atomic E-state index is 0.311. The van der Waals surface area contributed by atoms with Crippen LogP contribution in [-0.4, -0.2) is 29.7 Å². The molecule has 6 nitrogen and oxygen atoms in total. The zero-order valence-corrected chi connectivity index (χ0v) is 16.8. The number of hydrogen-bond acceptors (Lipinski definition) is 4. The van der Waals surface area contributed by atoms with Gasteiger partial charge in [-0.3, -0.25) is 0 Å². The third-order valence-electron chi connectivity index (χ3n) is 4.59. The second kappa shape index (κ2) is 7.62. The third-order valence-corrected chi connectivity index (χ3v) is 6.22. The molecule has 1 aromatic carbocycles. The van der Waals surface area contributed by atoms with Crippen LogP contribution in [0.15, 0.2) is 47.5 Å². The number of rotatable bonds is 6. The molecule has 7 heteroatoms. The van der Waals surface area contributed by atoms with Crippen molar-refractivity contribution in [3.05, 3.63) is 70.7 Å². The minimum Gasteiger partial charge on any atom is -0.237 e. The van der Waals surface area contributed by atoms with Crippen molar-refractivity contribution in [1.29, 1.82) is 0 Å². The number of nitrogens with one attached hydrogen (secondary N) is 1. The van der Waals surface area contributed by atoms with E-state index in [9.17, 15) is 8.42 Å². The van der Waals surface area contributed by atoms with Gasteiger partial charge in [-0.2, -0.15) is 5.10 Å². The lowest BCUT2D eigenvalue weighted by Gasteiger charge is -2.10. The van der Waals surface area contributed by atoms with Gasteiger partial charge in [-0.05, 0) is 63.4 Å². The van der Waals surface area contributed by atoms with Crippen molar-refractivity contribution in [2.75, 3.05) is 6.54 Å². The van der Waals surface area contributed by atoms with E-state index in [1.54, 1.807) is 16.9 Å². The van der Waals surface area contributed by atoms with Crippen LogP contribution >= 0.6 is 0 Å². The SMILES string of the molecule is Cc1ccc(S(=O)(=O)NCCc2c(C)nn(-c3ccccn3)c2C)c(C)c1. The Kier molecular flexibility index (Phi) is 5.43. The number of aromatic nitrogens is 3. The lowest BCUT2D eigenvalue weighted by Crippen LogP contribution is -2.27. The molecule has 0 aliphatic heterocycles. The molecule has 0 radical (unpaired) electrons. The van der Waals surface area contributed by atoms with Gasteiger partial charge in [0.1, 0.15) is 0 Å². The first kappa shape index (κ1) is 19.3.